The number of pyridine rings is 4. The number of aromatic carboxylic acids is 4. The van der Waals surface area contributed by atoms with Crippen molar-refractivity contribution in [3.05, 3.63) is 157 Å². The van der Waals surface area contributed by atoms with E-state index in [0.29, 0.717) is 47.8 Å². The van der Waals surface area contributed by atoms with Gasteiger partial charge < -0.3 is 60.3 Å². The van der Waals surface area contributed by atoms with Crippen LogP contribution in [0.25, 0.3) is 45.8 Å². The number of aromatic nitrogens is 8. The van der Waals surface area contributed by atoms with Crippen molar-refractivity contribution < 1.29 is 124 Å². The molecule has 0 aliphatic heterocycles. The molecule has 6 aromatic heterocycles. The predicted molar refractivity (Wildman–Crippen MR) is 235 cm³/mol. The molecule has 0 radical (unpaired) electrons. The van der Waals surface area contributed by atoms with Crippen LogP contribution in [0.3, 0.4) is 0 Å². The molecule has 8 rings (SSSR count). The van der Waals surface area contributed by atoms with Gasteiger partial charge in [-0.3, -0.25) is 19.9 Å². The Balaban J connectivity index is 0.000000900. The molecule has 368 valence electrons. The van der Waals surface area contributed by atoms with Crippen LogP contribution in [0.15, 0.2) is 153 Å². The molecule has 0 fully saturated rings. The maximum Gasteiger partial charge on any atom is 2.00 e. The van der Waals surface area contributed by atoms with Crippen LogP contribution in [-0.4, -0.2) is 122 Å². The fourth-order valence-corrected chi connectivity index (χ4v) is 5.96. The molecule has 0 atom stereocenters. The van der Waals surface area contributed by atoms with E-state index < -0.39 is 76.2 Å². The molecule has 28 nitrogen and oxygen atoms in total. The average molecular weight is 1130 g/mol. The van der Waals surface area contributed by atoms with E-state index in [9.17, 15) is 45.1 Å². The summed E-state index contributed by atoms with van der Waals surface area (Å²) in [6, 6.07) is 18.5. The molecular formula is C40H36CdN8O20S2+2. The van der Waals surface area contributed by atoms with Gasteiger partial charge in [0.05, 0.1) is 32.0 Å². The van der Waals surface area contributed by atoms with Gasteiger partial charge in [-0.2, -0.15) is 0 Å². The SMILES string of the molecule is O.O.O=C(O)c1cc(C(=O)O)cc(S(=O)(=O)[O-])c1.O=C(O)c1cc(C(=O)O)cc(S(=O)(=O)[O-])c1.[Cd+2].[OH3+].[OH3+].c1cc(-c2nnc(-c3ccncc3)o2)ccn1.c1cc(-c2nnc(-c3ccncc3)o2)ccn1. The third-order valence-electron chi connectivity index (χ3n) is 7.94. The number of carboxylic acid groups (broad SMARTS) is 4. The fourth-order valence-electron chi connectivity index (χ4n) is 4.87. The van der Waals surface area contributed by atoms with E-state index in [4.69, 9.17) is 29.3 Å². The first kappa shape index (κ1) is 62.8. The monoisotopic (exact) mass is 1130 g/mol. The van der Waals surface area contributed by atoms with Crippen LogP contribution < -0.4 is 0 Å². The Morgan fingerprint density at radius 3 is 0.732 bits per heavy atom. The van der Waals surface area contributed by atoms with Gasteiger partial charge in [-0.25, -0.2) is 36.0 Å². The summed E-state index contributed by atoms with van der Waals surface area (Å²) in [5.74, 6) is -4.14. The third kappa shape index (κ3) is 18.3. The van der Waals surface area contributed by atoms with Crippen LogP contribution in [0.5, 0.6) is 0 Å². The van der Waals surface area contributed by atoms with E-state index in [1.165, 1.54) is 0 Å². The van der Waals surface area contributed by atoms with E-state index >= 15 is 0 Å². The van der Waals surface area contributed by atoms with Crippen LogP contribution in [0.1, 0.15) is 41.4 Å². The Hall–Kier alpha value is -8.22. The van der Waals surface area contributed by atoms with Crippen molar-refractivity contribution in [2.75, 3.05) is 0 Å². The normalized spacial score (nSPS) is 9.94. The number of nitrogens with zero attached hydrogens (tertiary/aromatic N) is 8. The van der Waals surface area contributed by atoms with Gasteiger partial charge in [-0.05, 0) is 84.9 Å². The van der Waals surface area contributed by atoms with Gasteiger partial charge in [0.1, 0.15) is 20.2 Å². The molecular weight excluding hydrogens is 1090 g/mol. The summed E-state index contributed by atoms with van der Waals surface area (Å²) in [6.45, 7) is 0. The molecule has 0 unspecified atom stereocenters. The number of hydrogen-bond acceptors (Lipinski definition) is 20. The van der Waals surface area contributed by atoms with Gasteiger partial charge in [0.25, 0.3) is 0 Å². The minimum absolute atomic E-state index is 0. The maximum atomic E-state index is 10.6. The Bertz CT molecular complexity index is 2840. The average Bonchev–Trinajstić information content (AvgIpc) is 4.02. The summed E-state index contributed by atoms with van der Waals surface area (Å²) < 4.78 is 75.0. The largest absolute Gasteiger partial charge is 2.00 e. The topological polar surface area (TPSA) is 522 Å². The molecule has 0 bridgehead atoms. The summed E-state index contributed by atoms with van der Waals surface area (Å²) in [4.78, 5) is 56.2. The molecule has 0 spiro atoms. The van der Waals surface area contributed by atoms with E-state index in [-0.39, 0.29) is 49.2 Å². The van der Waals surface area contributed by atoms with Gasteiger partial charge in [0, 0.05) is 71.8 Å². The van der Waals surface area contributed by atoms with Crippen LogP contribution >= 0.6 is 0 Å². The van der Waals surface area contributed by atoms with Crippen molar-refractivity contribution >= 4 is 44.1 Å². The van der Waals surface area contributed by atoms with Gasteiger partial charge in [-0.1, -0.05) is 0 Å². The van der Waals surface area contributed by atoms with Crippen molar-refractivity contribution in [1.82, 2.24) is 40.3 Å². The first-order valence-corrected chi connectivity index (χ1v) is 20.6. The molecule has 0 saturated heterocycles. The Labute approximate surface area is 418 Å². The van der Waals surface area contributed by atoms with Gasteiger partial charge >= 0.3 is 51.2 Å². The van der Waals surface area contributed by atoms with Gasteiger partial charge in [-0.15, -0.1) is 20.4 Å². The molecule has 0 aliphatic carbocycles. The number of carboxylic acids is 4. The standard InChI is InChI=1S/2C12H8N4O.2C8H6O7S.Cd.4H2O/c2*1-5-13-6-2-9(1)11-15-16-12(17-11)10-3-7-14-8-4-10;2*9-7(10)4-1-5(8(11)12)3-6(2-4)16(13,14)15;;;;;/h2*1-8H;2*1-3H,(H,9,10)(H,11,12)(H,13,14,15);;4*1H2/q;;;;+2;;;;. The molecule has 0 amide bonds. The van der Waals surface area contributed by atoms with Gasteiger partial charge in [0.2, 0.25) is 23.6 Å². The van der Waals surface area contributed by atoms with E-state index in [2.05, 4.69) is 40.3 Å². The van der Waals surface area contributed by atoms with Crippen LogP contribution in [-0.2, 0) is 58.5 Å². The summed E-state index contributed by atoms with van der Waals surface area (Å²) >= 11 is 0. The molecule has 14 N–H and O–H groups in total. The quantitative estimate of drug-likeness (QED) is 0.0838. The number of rotatable bonds is 10. The van der Waals surface area contributed by atoms with E-state index in [1.807, 2.05) is 48.5 Å². The molecule has 8 aromatic rings. The van der Waals surface area contributed by atoms with Crippen LogP contribution in [0, 0.1) is 0 Å². The van der Waals surface area contributed by atoms with Crippen molar-refractivity contribution in [3.8, 4) is 45.8 Å². The number of carbonyl (C=O) groups is 4. The first-order valence-electron chi connectivity index (χ1n) is 17.7. The second-order valence-corrected chi connectivity index (χ2v) is 15.1. The molecule has 71 heavy (non-hydrogen) atoms. The van der Waals surface area contributed by atoms with Crippen LogP contribution in [0.2, 0.25) is 0 Å². The Kier molecular flexibility index (Phi) is 25.0. The third-order valence-corrected chi connectivity index (χ3v) is 9.56. The molecule has 0 saturated carbocycles. The zero-order valence-corrected chi connectivity index (χ0v) is 41.3. The van der Waals surface area contributed by atoms with E-state index in [1.54, 1.807) is 49.6 Å². The Morgan fingerprint density at radius 2 is 0.577 bits per heavy atom. The molecule has 6 heterocycles. The molecule has 2 aromatic carbocycles. The minimum Gasteiger partial charge on any atom is -0.744 e. The summed E-state index contributed by atoms with van der Waals surface area (Å²) in [5, 5.41) is 50.4. The number of benzene rings is 2. The van der Waals surface area contributed by atoms with E-state index in [0.717, 1.165) is 34.4 Å². The Morgan fingerprint density at radius 1 is 0.394 bits per heavy atom. The van der Waals surface area contributed by atoms with Crippen molar-refractivity contribution in [3.63, 3.8) is 0 Å². The minimum atomic E-state index is -4.89. The molecule has 31 heteroatoms. The predicted octanol–water partition coefficient (Wildman–Crippen LogP) is 0.866. The summed E-state index contributed by atoms with van der Waals surface area (Å²) in [5.41, 5.74) is 1.12. The van der Waals surface area contributed by atoms with Crippen molar-refractivity contribution in [2.45, 2.75) is 9.79 Å². The first-order chi connectivity index (χ1) is 31.3. The van der Waals surface area contributed by atoms with Gasteiger partial charge in [0.15, 0.2) is 0 Å². The van der Waals surface area contributed by atoms with Crippen molar-refractivity contribution in [2.24, 2.45) is 0 Å². The fraction of sp³-hybridized carbons (Fsp3) is 0. The second-order valence-electron chi connectivity index (χ2n) is 12.4. The summed E-state index contributed by atoms with van der Waals surface area (Å²) in [6.07, 6.45) is 13.5. The number of hydrogen-bond donors (Lipinski definition) is 4. The van der Waals surface area contributed by atoms with Crippen LogP contribution in [0.4, 0.5) is 0 Å². The second kappa shape index (κ2) is 28.3. The zero-order valence-electron chi connectivity index (χ0n) is 35.6. The molecule has 0 aliphatic rings. The zero-order chi connectivity index (χ0) is 48.0. The summed E-state index contributed by atoms with van der Waals surface area (Å²) in [7, 11) is -9.78. The smallest absolute Gasteiger partial charge is 0.744 e. The van der Waals surface area contributed by atoms with Crippen molar-refractivity contribution in [1.29, 1.82) is 0 Å². The maximum absolute atomic E-state index is 10.6.